The summed E-state index contributed by atoms with van der Waals surface area (Å²) in [5.41, 5.74) is 0.372. The van der Waals surface area contributed by atoms with Crippen LogP contribution in [-0.2, 0) is 4.74 Å². The van der Waals surface area contributed by atoms with Crippen LogP contribution in [0.15, 0.2) is 0 Å². The number of hydrogen-bond acceptors (Lipinski definition) is 2. The van der Waals surface area contributed by atoms with E-state index in [1.807, 2.05) is 0 Å². The van der Waals surface area contributed by atoms with Gasteiger partial charge in [0, 0.05) is 25.2 Å². The molecule has 2 heteroatoms. The third-order valence-corrected chi connectivity index (χ3v) is 3.57. The summed E-state index contributed by atoms with van der Waals surface area (Å²) < 4.78 is 5.65. The normalized spacial score (nSPS) is 20.0. The fourth-order valence-corrected chi connectivity index (χ4v) is 2.09. The molecule has 1 rings (SSSR count). The van der Waals surface area contributed by atoms with Gasteiger partial charge in [0.1, 0.15) is 0 Å². The van der Waals surface area contributed by atoms with Gasteiger partial charge >= 0.3 is 0 Å². The highest BCUT2D eigenvalue weighted by atomic mass is 16.5. The van der Waals surface area contributed by atoms with Crippen molar-refractivity contribution in [3.63, 3.8) is 0 Å². The van der Waals surface area contributed by atoms with E-state index >= 15 is 0 Å². The molecule has 1 saturated heterocycles. The standard InChI is InChI=1S/C12H25NO.CH4/c1-5-12(3,4)13-9-7-11(8-10-13)14-6-2;/h11H,5-10H2,1-4H3;1H4. The Hall–Kier alpha value is -0.0800. The molecule has 0 atom stereocenters. The van der Waals surface area contributed by atoms with E-state index in [9.17, 15) is 0 Å². The number of ether oxygens (including phenoxy) is 1. The molecule has 0 radical (unpaired) electrons. The molecule has 0 aliphatic carbocycles. The van der Waals surface area contributed by atoms with Crippen LogP contribution in [0.25, 0.3) is 0 Å². The Morgan fingerprint density at radius 3 is 2.13 bits per heavy atom. The van der Waals surface area contributed by atoms with E-state index in [4.69, 9.17) is 4.74 Å². The average Bonchev–Trinajstić information content (AvgIpc) is 2.19. The lowest BCUT2D eigenvalue weighted by atomic mass is 9.95. The first-order valence-electron chi connectivity index (χ1n) is 5.96. The molecular weight excluding hydrogens is 186 g/mol. The molecule has 0 aromatic rings. The quantitative estimate of drug-likeness (QED) is 0.713. The predicted molar refractivity (Wildman–Crippen MR) is 67.3 cm³/mol. The van der Waals surface area contributed by atoms with Crippen LogP contribution in [0.2, 0.25) is 0 Å². The van der Waals surface area contributed by atoms with Gasteiger partial charge < -0.3 is 4.74 Å². The Kier molecular flexibility index (Phi) is 6.46. The molecule has 92 valence electrons. The maximum Gasteiger partial charge on any atom is 0.0599 e. The van der Waals surface area contributed by atoms with Gasteiger partial charge in [-0.3, -0.25) is 4.90 Å². The number of hydrogen-bond donors (Lipinski definition) is 0. The van der Waals surface area contributed by atoms with E-state index in [0.29, 0.717) is 11.6 Å². The van der Waals surface area contributed by atoms with Crippen LogP contribution >= 0.6 is 0 Å². The molecule has 1 fully saturated rings. The van der Waals surface area contributed by atoms with Crippen molar-refractivity contribution in [1.29, 1.82) is 0 Å². The number of nitrogens with zero attached hydrogens (tertiary/aromatic N) is 1. The van der Waals surface area contributed by atoms with Gasteiger partial charge in [-0.15, -0.1) is 0 Å². The Balaban J connectivity index is 0.00000196. The van der Waals surface area contributed by atoms with Crippen LogP contribution in [0.3, 0.4) is 0 Å². The van der Waals surface area contributed by atoms with E-state index < -0.39 is 0 Å². The van der Waals surface area contributed by atoms with Crippen molar-refractivity contribution in [2.24, 2.45) is 0 Å². The molecule has 15 heavy (non-hydrogen) atoms. The molecular formula is C13H29NO. The predicted octanol–water partition coefficient (Wildman–Crippen LogP) is 3.31. The molecule has 0 spiro atoms. The molecule has 0 bridgehead atoms. The molecule has 1 heterocycles. The van der Waals surface area contributed by atoms with E-state index in [1.54, 1.807) is 0 Å². The van der Waals surface area contributed by atoms with Gasteiger partial charge in [0.25, 0.3) is 0 Å². The summed E-state index contributed by atoms with van der Waals surface area (Å²) in [6.07, 6.45) is 4.16. The van der Waals surface area contributed by atoms with Crippen molar-refractivity contribution in [2.75, 3.05) is 19.7 Å². The highest BCUT2D eigenvalue weighted by Gasteiger charge is 2.29. The topological polar surface area (TPSA) is 12.5 Å². The fraction of sp³-hybridized carbons (Fsp3) is 1.00. The largest absolute Gasteiger partial charge is 0.378 e. The minimum absolute atomic E-state index is 0. The summed E-state index contributed by atoms with van der Waals surface area (Å²) in [5.74, 6) is 0. The molecule has 2 nitrogen and oxygen atoms in total. The summed E-state index contributed by atoms with van der Waals surface area (Å²) >= 11 is 0. The van der Waals surface area contributed by atoms with Crippen molar-refractivity contribution >= 4 is 0 Å². The fourth-order valence-electron chi connectivity index (χ4n) is 2.09. The summed E-state index contributed by atoms with van der Waals surface area (Å²) in [7, 11) is 0. The average molecular weight is 215 g/mol. The van der Waals surface area contributed by atoms with Crippen LogP contribution in [0, 0.1) is 0 Å². The van der Waals surface area contributed by atoms with Crippen molar-refractivity contribution in [3.8, 4) is 0 Å². The first-order valence-corrected chi connectivity index (χ1v) is 5.96. The van der Waals surface area contributed by atoms with Gasteiger partial charge in [-0.1, -0.05) is 14.4 Å². The summed E-state index contributed by atoms with van der Waals surface area (Å²) in [5, 5.41) is 0. The smallest absolute Gasteiger partial charge is 0.0599 e. The number of likely N-dealkylation sites (tertiary alicyclic amines) is 1. The molecule has 0 unspecified atom stereocenters. The minimum Gasteiger partial charge on any atom is -0.378 e. The maximum absolute atomic E-state index is 5.65. The van der Waals surface area contributed by atoms with Crippen LogP contribution in [0.5, 0.6) is 0 Å². The maximum atomic E-state index is 5.65. The third-order valence-electron chi connectivity index (χ3n) is 3.57. The minimum atomic E-state index is 0. The van der Waals surface area contributed by atoms with Crippen LogP contribution in [0.4, 0.5) is 0 Å². The van der Waals surface area contributed by atoms with Crippen LogP contribution in [-0.4, -0.2) is 36.2 Å². The Morgan fingerprint density at radius 1 is 1.20 bits per heavy atom. The van der Waals surface area contributed by atoms with Gasteiger partial charge in [0.2, 0.25) is 0 Å². The SMILES string of the molecule is C.CCOC1CCN(C(C)(C)CC)CC1. The van der Waals surface area contributed by atoms with Gasteiger partial charge in [-0.05, 0) is 40.0 Å². The molecule has 0 aromatic carbocycles. The molecule has 1 aliphatic heterocycles. The molecule has 0 aromatic heterocycles. The van der Waals surface area contributed by atoms with Gasteiger partial charge in [-0.2, -0.15) is 0 Å². The third kappa shape index (κ3) is 4.12. The Labute approximate surface area is 96.0 Å². The van der Waals surface area contributed by atoms with Crippen LogP contribution in [0.1, 0.15) is 54.4 Å². The second-order valence-corrected chi connectivity index (χ2v) is 4.81. The molecule has 1 aliphatic rings. The lowest BCUT2D eigenvalue weighted by Gasteiger charge is -2.42. The Bertz CT molecular complexity index is 160. The highest BCUT2D eigenvalue weighted by Crippen LogP contribution is 2.24. The zero-order chi connectivity index (χ0) is 10.6. The van der Waals surface area contributed by atoms with E-state index in [-0.39, 0.29) is 7.43 Å². The first kappa shape index (κ1) is 14.9. The van der Waals surface area contributed by atoms with Gasteiger partial charge in [0.05, 0.1) is 6.10 Å². The van der Waals surface area contributed by atoms with Crippen LogP contribution < -0.4 is 0 Å². The molecule has 0 saturated carbocycles. The summed E-state index contributed by atoms with van der Waals surface area (Å²) in [6.45, 7) is 12.3. The molecule has 0 amide bonds. The molecule has 0 N–H and O–H groups in total. The lowest BCUT2D eigenvalue weighted by Crippen LogP contribution is -2.49. The van der Waals surface area contributed by atoms with Gasteiger partial charge in [-0.25, -0.2) is 0 Å². The second kappa shape index (κ2) is 6.49. The summed E-state index contributed by atoms with van der Waals surface area (Å²) in [4.78, 5) is 2.60. The second-order valence-electron chi connectivity index (χ2n) is 4.81. The zero-order valence-corrected chi connectivity index (χ0v) is 10.2. The zero-order valence-electron chi connectivity index (χ0n) is 10.2. The van der Waals surface area contributed by atoms with E-state index in [2.05, 4.69) is 32.6 Å². The monoisotopic (exact) mass is 215 g/mol. The van der Waals surface area contributed by atoms with E-state index in [0.717, 1.165) is 6.61 Å². The number of piperidine rings is 1. The lowest BCUT2D eigenvalue weighted by molar-refractivity contribution is -0.0124. The van der Waals surface area contributed by atoms with Gasteiger partial charge in [0.15, 0.2) is 0 Å². The highest BCUT2D eigenvalue weighted by molar-refractivity contribution is 4.84. The van der Waals surface area contributed by atoms with Crippen molar-refractivity contribution < 1.29 is 4.74 Å². The first-order chi connectivity index (χ1) is 6.60. The van der Waals surface area contributed by atoms with Crippen molar-refractivity contribution in [2.45, 2.75) is 66.0 Å². The van der Waals surface area contributed by atoms with E-state index in [1.165, 1.54) is 32.4 Å². The summed E-state index contributed by atoms with van der Waals surface area (Å²) in [6, 6.07) is 0. The Morgan fingerprint density at radius 2 is 1.73 bits per heavy atom. The van der Waals surface area contributed by atoms with Crippen molar-refractivity contribution in [3.05, 3.63) is 0 Å². The van der Waals surface area contributed by atoms with Crippen molar-refractivity contribution in [1.82, 2.24) is 4.90 Å². The number of rotatable bonds is 4.